The van der Waals surface area contributed by atoms with Crippen molar-refractivity contribution in [2.75, 3.05) is 26.3 Å². The first-order valence-corrected chi connectivity index (χ1v) is 9.09. The van der Waals surface area contributed by atoms with Crippen molar-refractivity contribution in [2.24, 2.45) is 0 Å². The Bertz CT molecular complexity index is 654. The third kappa shape index (κ3) is 2.57. The Labute approximate surface area is 147 Å². The van der Waals surface area contributed by atoms with Crippen molar-refractivity contribution in [3.63, 3.8) is 0 Å². The van der Waals surface area contributed by atoms with Gasteiger partial charge in [0.2, 0.25) is 0 Å². The van der Waals surface area contributed by atoms with Crippen molar-refractivity contribution in [2.45, 2.75) is 36.6 Å². The van der Waals surface area contributed by atoms with Crippen LogP contribution in [0, 0.1) is 0 Å². The first-order valence-electron chi connectivity index (χ1n) is 8.71. The van der Waals surface area contributed by atoms with E-state index in [1.165, 1.54) is 5.57 Å². The molecule has 0 radical (unpaired) electrons. The second-order valence-corrected chi connectivity index (χ2v) is 7.27. The lowest BCUT2D eigenvalue weighted by molar-refractivity contribution is -0.148. The first kappa shape index (κ1) is 16.1. The SMILES string of the molecule is O=C1OC2=C(CCCC2)[C@H](N2CCOCC2)[C@@]1(Cl)c1ccccc1. The number of nitrogens with zero attached hydrogens (tertiary/aromatic N) is 1. The topological polar surface area (TPSA) is 38.8 Å². The van der Waals surface area contributed by atoms with E-state index < -0.39 is 4.87 Å². The summed E-state index contributed by atoms with van der Waals surface area (Å²) in [7, 11) is 0. The summed E-state index contributed by atoms with van der Waals surface area (Å²) in [5.41, 5.74) is 2.02. The van der Waals surface area contributed by atoms with Gasteiger partial charge < -0.3 is 9.47 Å². The summed E-state index contributed by atoms with van der Waals surface area (Å²) in [6.07, 6.45) is 3.98. The Kier molecular flexibility index (Phi) is 4.37. The van der Waals surface area contributed by atoms with E-state index in [1.54, 1.807) is 0 Å². The Balaban J connectivity index is 1.83. The molecule has 0 aromatic heterocycles. The molecule has 1 aromatic carbocycles. The van der Waals surface area contributed by atoms with E-state index in [1.807, 2.05) is 30.3 Å². The minimum absolute atomic E-state index is 0.151. The highest BCUT2D eigenvalue weighted by Gasteiger charge is 2.55. The maximum absolute atomic E-state index is 13.0. The number of benzene rings is 1. The van der Waals surface area contributed by atoms with E-state index in [9.17, 15) is 4.79 Å². The monoisotopic (exact) mass is 347 g/mol. The minimum atomic E-state index is -1.19. The van der Waals surface area contributed by atoms with Gasteiger partial charge in [0, 0.05) is 19.5 Å². The van der Waals surface area contributed by atoms with E-state index in [0.717, 1.165) is 50.1 Å². The number of alkyl halides is 1. The molecule has 2 atom stereocenters. The van der Waals surface area contributed by atoms with Crippen LogP contribution in [0.15, 0.2) is 41.7 Å². The van der Waals surface area contributed by atoms with Gasteiger partial charge in [-0.3, -0.25) is 4.90 Å². The summed E-state index contributed by atoms with van der Waals surface area (Å²) >= 11 is 7.08. The number of ether oxygens (including phenoxy) is 2. The molecule has 0 amide bonds. The maximum atomic E-state index is 13.0. The minimum Gasteiger partial charge on any atom is -0.429 e. The molecule has 2 heterocycles. The van der Waals surface area contributed by atoms with Crippen LogP contribution in [0.1, 0.15) is 31.2 Å². The predicted molar refractivity (Wildman–Crippen MR) is 91.7 cm³/mol. The zero-order valence-electron chi connectivity index (χ0n) is 13.7. The average Bonchev–Trinajstić information content (AvgIpc) is 2.64. The number of allylic oxidation sites excluding steroid dienone is 1. The number of morpholine rings is 1. The number of esters is 1. The molecule has 4 rings (SSSR count). The van der Waals surface area contributed by atoms with Crippen LogP contribution < -0.4 is 0 Å². The lowest BCUT2D eigenvalue weighted by Gasteiger charge is -2.47. The van der Waals surface area contributed by atoms with Gasteiger partial charge in [-0.2, -0.15) is 0 Å². The summed E-state index contributed by atoms with van der Waals surface area (Å²) in [4.78, 5) is 14.1. The Morgan fingerprint density at radius 2 is 1.79 bits per heavy atom. The fourth-order valence-electron chi connectivity index (χ4n) is 4.11. The van der Waals surface area contributed by atoms with Crippen LogP contribution in [0.3, 0.4) is 0 Å². The van der Waals surface area contributed by atoms with Gasteiger partial charge in [-0.15, -0.1) is 0 Å². The molecule has 5 heteroatoms. The number of hydrogen-bond donors (Lipinski definition) is 0. The van der Waals surface area contributed by atoms with Gasteiger partial charge in [0.05, 0.1) is 19.3 Å². The molecular formula is C19H22ClNO3. The Hall–Kier alpha value is -1.36. The molecule has 0 bridgehead atoms. The number of halogens is 1. The number of carbonyl (C=O) groups is 1. The van der Waals surface area contributed by atoms with Crippen LogP contribution >= 0.6 is 11.6 Å². The van der Waals surface area contributed by atoms with Gasteiger partial charge in [0.1, 0.15) is 5.76 Å². The van der Waals surface area contributed by atoms with Crippen molar-refractivity contribution in [3.8, 4) is 0 Å². The quantitative estimate of drug-likeness (QED) is 0.608. The van der Waals surface area contributed by atoms with Crippen LogP contribution in [0.2, 0.25) is 0 Å². The van der Waals surface area contributed by atoms with Crippen molar-refractivity contribution in [3.05, 3.63) is 47.2 Å². The summed E-state index contributed by atoms with van der Waals surface area (Å²) in [6, 6.07) is 9.49. The van der Waals surface area contributed by atoms with Crippen LogP contribution in [0.25, 0.3) is 0 Å². The first-order chi connectivity index (χ1) is 11.7. The van der Waals surface area contributed by atoms with Gasteiger partial charge >= 0.3 is 5.97 Å². The molecule has 0 N–H and O–H groups in total. The molecule has 3 aliphatic rings. The fraction of sp³-hybridized carbons (Fsp3) is 0.526. The highest BCUT2D eigenvalue weighted by molar-refractivity contribution is 6.35. The molecule has 2 aliphatic heterocycles. The number of rotatable bonds is 2. The van der Waals surface area contributed by atoms with Crippen molar-refractivity contribution < 1.29 is 14.3 Å². The Morgan fingerprint density at radius 1 is 1.08 bits per heavy atom. The van der Waals surface area contributed by atoms with E-state index >= 15 is 0 Å². The van der Waals surface area contributed by atoms with Crippen molar-refractivity contribution >= 4 is 17.6 Å². The van der Waals surface area contributed by atoms with E-state index in [2.05, 4.69) is 4.90 Å². The predicted octanol–water partition coefficient (Wildman–Crippen LogP) is 3.21. The van der Waals surface area contributed by atoms with E-state index in [4.69, 9.17) is 21.1 Å². The third-order valence-corrected chi connectivity index (χ3v) is 5.86. The fourth-order valence-corrected chi connectivity index (χ4v) is 4.54. The molecule has 24 heavy (non-hydrogen) atoms. The van der Waals surface area contributed by atoms with Gasteiger partial charge in [-0.05, 0) is 30.4 Å². The number of carbonyl (C=O) groups excluding carboxylic acids is 1. The Morgan fingerprint density at radius 3 is 2.54 bits per heavy atom. The standard InChI is InChI=1S/C19H22ClNO3/c20-19(14-6-2-1-3-7-14)17(21-10-12-23-13-11-21)15-8-4-5-9-16(15)24-18(19)22/h1-3,6-7,17H,4-5,8-13H2/t17-,19-/m0/s1. The van der Waals surface area contributed by atoms with Gasteiger partial charge in [-0.1, -0.05) is 41.9 Å². The van der Waals surface area contributed by atoms with E-state index in [0.29, 0.717) is 13.2 Å². The molecule has 0 spiro atoms. The molecule has 1 fully saturated rings. The molecule has 4 nitrogen and oxygen atoms in total. The normalized spacial score (nSPS) is 31.5. The summed E-state index contributed by atoms with van der Waals surface area (Å²) in [5.74, 6) is 0.516. The smallest absolute Gasteiger partial charge is 0.338 e. The molecule has 1 aromatic rings. The van der Waals surface area contributed by atoms with Crippen LogP contribution in [0.5, 0.6) is 0 Å². The van der Waals surface area contributed by atoms with Crippen LogP contribution in [0.4, 0.5) is 0 Å². The molecule has 128 valence electrons. The van der Waals surface area contributed by atoms with Gasteiger partial charge in [0.25, 0.3) is 0 Å². The molecule has 1 aliphatic carbocycles. The van der Waals surface area contributed by atoms with Crippen molar-refractivity contribution in [1.82, 2.24) is 4.90 Å². The molecular weight excluding hydrogens is 326 g/mol. The van der Waals surface area contributed by atoms with Gasteiger partial charge in [-0.25, -0.2) is 4.79 Å². The largest absolute Gasteiger partial charge is 0.429 e. The van der Waals surface area contributed by atoms with Gasteiger partial charge in [0.15, 0.2) is 4.87 Å². The van der Waals surface area contributed by atoms with Crippen LogP contribution in [-0.4, -0.2) is 43.2 Å². The summed E-state index contributed by atoms with van der Waals surface area (Å²) < 4.78 is 11.2. The maximum Gasteiger partial charge on any atom is 0.338 e. The lowest BCUT2D eigenvalue weighted by atomic mass is 9.78. The highest BCUT2D eigenvalue weighted by atomic mass is 35.5. The molecule has 0 unspecified atom stereocenters. The summed E-state index contributed by atoms with van der Waals surface area (Å²) in [5, 5.41) is 0. The second kappa shape index (κ2) is 6.51. The number of hydrogen-bond acceptors (Lipinski definition) is 4. The zero-order valence-corrected chi connectivity index (χ0v) is 14.4. The third-order valence-electron chi connectivity index (χ3n) is 5.28. The zero-order chi connectivity index (χ0) is 16.6. The highest BCUT2D eigenvalue weighted by Crippen LogP contribution is 2.48. The second-order valence-electron chi connectivity index (χ2n) is 6.67. The molecule has 0 saturated carbocycles. The summed E-state index contributed by atoms with van der Waals surface area (Å²) in [6.45, 7) is 2.93. The molecule has 1 saturated heterocycles. The van der Waals surface area contributed by atoms with Crippen LogP contribution in [-0.2, 0) is 19.1 Å². The van der Waals surface area contributed by atoms with E-state index in [-0.39, 0.29) is 12.0 Å². The average molecular weight is 348 g/mol. The lowest BCUT2D eigenvalue weighted by Crippen LogP contribution is -2.58. The van der Waals surface area contributed by atoms with Crippen molar-refractivity contribution in [1.29, 1.82) is 0 Å².